The summed E-state index contributed by atoms with van der Waals surface area (Å²) in [7, 11) is -3.76. The molecule has 24 heavy (non-hydrogen) atoms. The molecule has 6 nitrogen and oxygen atoms in total. The average Bonchev–Trinajstić information content (AvgIpc) is 2.56. The van der Waals surface area contributed by atoms with Gasteiger partial charge in [-0.1, -0.05) is 25.1 Å². The number of ether oxygens (including phenoxy) is 1. The van der Waals surface area contributed by atoms with Gasteiger partial charge in [-0.05, 0) is 43.2 Å². The number of carbonyl (C=O) groups excluding carboxylic acids is 1. The predicted molar refractivity (Wildman–Crippen MR) is 91.8 cm³/mol. The van der Waals surface area contributed by atoms with E-state index in [0.29, 0.717) is 11.4 Å². The fourth-order valence-corrected chi connectivity index (χ4v) is 3.49. The maximum absolute atomic E-state index is 12.6. The van der Waals surface area contributed by atoms with Gasteiger partial charge in [0.2, 0.25) is 0 Å². The summed E-state index contributed by atoms with van der Waals surface area (Å²) in [5, 5.41) is 2.68. The molecule has 0 bridgehead atoms. The Labute approximate surface area is 140 Å². The number of hydrogen-bond acceptors (Lipinski definition) is 4. The molecule has 0 radical (unpaired) electrons. The Morgan fingerprint density at radius 1 is 1.17 bits per heavy atom. The standard InChI is InChI=1S/C17H18N2O4S/c1-3-12-7-9-13(10-8-12)24(21,22)19-14-5-4-6-15-16(14)18-17(20)11(2)23-15/h4-11,19H,3H2,1-2H3,(H,18,20). The molecule has 7 heteroatoms. The van der Waals surface area contributed by atoms with Crippen LogP contribution in [0.1, 0.15) is 19.4 Å². The summed E-state index contributed by atoms with van der Waals surface area (Å²) in [5.74, 6) is 0.116. The summed E-state index contributed by atoms with van der Waals surface area (Å²) >= 11 is 0. The van der Waals surface area contributed by atoms with E-state index in [0.717, 1.165) is 12.0 Å². The SMILES string of the molecule is CCc1ccc(S(=O)(=O)Nc2cccc3c2NC(=O)C(C)O3)cc1. The molecule has 3 rings (SSSR count). The number of fused-ring (bicyclic) bond motifs is 1. The molecule has 126 valence electrons. The predicted octanol–water partition coefficient (Wildman–Crippen LogP) is 2.77. The largest absolute Gasteiger partial charge is 0.479 e. The molecule has 1 aliphatic heterocycles. The first-order valence-electron chi connectivity index (χ1n) is 7.63. The molecule has 1 heterocycles. The Hall–Kier alpha value is -2.54. The molecule has 0 saturated heterocycles. The van der Waals surface area contributed by atoms with Crippen molar-refractivity contribution in [3.05, 3.63) is 48.0 Å². The fourth-order valence-electron chi connectivity index (χ4n) is 2.42. The lowest BCUT2D eigenvalue weighted by Crippen LogP contribution is -2.34. The minimum atomic E-state index is -3.76. The Bertz CT molecular complexity index is 876. The normalized spacial score (nSPS) is 16.8. The number of hydrogen-bond donors (Lipinski definition) is 2. The van der Waals surface area contributed by atoms with Gasteiger partial charge in [0.1, 0.15) is 11.4 Å². The lowest BCUT2D eigenvalue weighted by atomic mass is 10.2. The van der Waals surface area contributed by atoms with Crippen LogP contribution >= 0.6 is 0 Å². The van der Waals surface area contributed by atoms with Crippen LogP contribution in [0.3, 0.4) is 0 Å². The van der Waals surface area contributed by atoms with E-state index in [2.05, 4.69) is 10.0 Å². The first kappa shape index (κ1) is 16.3. The number of carbonyl (C=O) groups is 1. The summed E-state index contributed by atoms with van der Waals surface area (Å²) in [6.45, 7) is 3.63. The maximum atomic E-state index is 12.6. The van der Waals surface area contributed by atoms with Crippen LogP contribution in [0, 0.1) is 0 Å². The monoisotopic (exact) mass is 346 g/mol. The van der Waals surface area contributed by atoms with Crippen molar-refractivity contribution in [3.8, 4) is 5.75 Å². The highest BCUT2D eigenvalue weighted by molar-refractivity contribution is 7.92. The van der Waals surface area contributed by atoms with Gasteiger partial charge in [0.15, 0.2) is 6.10 Å². The van der Waals surface area contributed by atoms with Gasteiger partial charge in [0, 0.05) is 0 Å². The zero-order valence-corrected chi connectivity index (χ0v) is 14.2. The fraction of sp³-hybridized carbons (Fsp3) is 0.235. The second kappa shape index (κ2) is 6.16. The van der Waals surface area contributed by atoms with E-state index in [1.54, 1.807) is 49.4 Å². The minimum absolute atomic E-state index is 0.161. The van der Waals surface area contributed by atoms with Crippen LogP contribution < -0.4 is 14.8 Å². The van der Waals surface area contributed by atoms with Crippen LogP contribution in [0.25, 0.3) is 0 Å². The van der Waals surface area contributed by atoms with Gasteiger partial charge in [-0.15, -0.1) is 0 Å². The van der Waals surface area contributed by atoms with Crippen LogP contribution in [0.5, 0.6) is 5.75 Å². The Kier molecular flexibility index (Phi) is 4.19. The van der Waals surface area contributed by atoms with Gasteiger partial charge in [-0.2, -0.15) is 0 Å². The Morgan fingerprint density at radius 3 is 2.54 bits per heavy atom. The number of sulfonamides is 1. The van der Waals surface area contributed by atoms with Crippen LogP contribution in [0.15, 0.2) is 47.4 Å². The van der Waals surface area contributed by atoms with E-state index in [1.165, 1.54) is 0 Å². The summed E-state index contributed by atoms with van der Waals surface area (Å²) in [4.78, 5) is 12.0. The smallest absolute Gasteiger partial charge is 0.265 e. The number of anilines is 2. The van der Waals surface area contributed by atoms with Crippen molar-refractivity contribution < 1.29 is 17.9 Å². The van der Waals surface area contributed by atoms with Gasteiger partial charge in [0.05, 0.1) is 10.6 Å². The third-order valence-electron chi connectivity index (χ3n) is 3.83. The molecule has 2 aromatic rings. The number of benzene rings is 2. The molecule has 0 aliphatic carbocycles. The van der Waals surface area contributed by atoms with Crippen molar-refractivity contribution in [2.24, 2.45) is 0 Å². The molecule has 1 unspecified atom stereocenters. The van der Waals surface area contributed by atoms with Crippen molar-refractivity contribution in [2.75, 3.05) is 10.0 Å². The highest BCUT2D eigenvalue weighted by atomic mass is 32.2. The van der Waals surface area contributed by atoms with Gasteiger partial charge < -0.3 is 10.1 Å². The van der Waals surface area contributed by atoms with E-state index in [4.69, 9.17) is 4.74 Å². The molecule has 0 spiro atoms. The summed E-state index contributed by atoms with van der Waals surface area (Å²) in [5.41, 5.74) is 1.65. The van der Waals surface area contributed by atoms with E-state index in [9.17, 15) is 13.2 Å². The van der Waals surface area contributed by atoms with E-state index < -0.39 is 16.1 Å². The van der Waals surface area contributed by atoms with Gasteiger partial charge in [0.25, 0.3) is 15.9 Å². The quantitative estimate of drug-likeness (QED) is 0.891. The van der Waals surface area contributed by atoms with Gasteiger partial charge >= 0.3 is 0 Å². The highest BCUT2D eigenvalue weighted by Crippen LogP contribution is 2.37. The van der Waals surface area contributed by atoms with Crippen LogP contribution in [-0.2, 0) is 21.2 Å². The third-order valence-corrected chi connectivity index (χ3v) is 5.22. The van der Waals surface area contributed by atoms with E-state index in [-0.39, 0.29) is 16.5 Å². The molecular weight excluding hydrogens is 328 g/mol. The number of rotatable bonds is 4. The molecule has 2 aromatic carbocycles. The maximum Gasteiger partial charge on any atom is 0.265 e. The van der Waals surface area contributed by atoms with Gasteiger partial charge in [-0.3, -0.25) is 9.52 Å². The van der Waals surface area contributed by atoms with Crippen molar-refractivity contribution >= 4 is 27.3 Å². The van der Waals surface area contributed by atoms with E-state index >= 15 is 0 Å². The van der Waals surface area contributed by atoms with E-state index in [1.807, 2.05) is 6.92 Å². The number of aryl methyl sites for hydroxylation is 1. The van der Waals surface area contributed by atoms with Crippen molar-refractivity contribution in [3.63, 3.8) is 0 Å². The Balaban J connectivity index is 1.93. The topological polar surface area (TPSA) is 84.5 Å². The third kappa shape index (κ3) is 3.07. The molecule has 1 amide bonds. The first-order chi connectivity index (χ1) is 11.4. The summed E-state index contributed by atoms with van der Waals surface area (Å²) < 4.78 is 33.1. The van der Waals surface area contributed by atoms with Crippen molar-refractivity contribution in [1.29, 1.82) is 0 Å². The molecule has 0 fully saturated rings. The molecule has 0 saturated carbocycles. The number of amides is 1. The Morgan fingerprint density at radius 2 is 1.88 bits per heavy atom. The van der Waals surface area contributed by atoms with Gasteiger partial charge in [-0.25, -0.2) is 8.42 Å². The van der Waals surface area contributed by atoms with Crippen LogP contribution in [0.4, 0.5) is 11.4 Å². The van der Waals surface area contributed by atoms with Crippen molar-refractivity contribution in [2.45, 2.75) is 31.3 Å². The highest BCUT2D eigenvalue weighted by Gasteiger charge is 2.27. The second-order valence-electron chi connectivity index (χ2n) is 5.53. The second-order valence-corrected chi connectivity index (χ2v) is 7.21. The number of nitrogens with one attached hydrogen (secondary N) is 2. The zero-order chi connectivity index (χ0) is 17.3. The lowest BCUT2D eigenvalue weighted by molar-refractivity contribution is -0.122. The average molecular weight is 346 g/mol. The zero-order valence-electron chi connectivity index (χ0n) is 13.4. The molecule has 2 N–H and O–H groups in total. The number of para-hydroxylation sites is 1. The van der Waals surface area contributed by atoms with Crippen molar-refractivity contribution in [1.82, 2.24) is 0 Å². The summed E-state index contributed by atoms with van der Waals surface area (Å²) in [6, 6.07) is 11.6. The molecule has 0 aromatic heterocycles. The first-order valence-corrected chi connectivity index (χ1v) is 9.11. The van der Waals surface area contributed by atoms with Crippen LogP contribution in [-0.4, -0.2) is 20.4 Å². The lowest BCUT2D eigenvalue weighted by Gasteiger charge is -2.25. The molecule has 1 aliphatic rings. The molecular formula is C17H18N2O4S. The summed E-state index contributed by atoms with van der Waals surface area (Å²) in [6.07, 6.45) is 0.215. The minimum Gasteiger partial charge on any atom is -0.479 e. The van der Waals surface area contributed by atoms with Crippen LogP contribution in [0.2, 0.25) is 0 Å². The molecule has 1 atom stereocenters.